The van der Waals surface area contributed by atoms with E-state index in [9.17, 15) is 14.4 Å². The Morgan fingerprint density at radius 2 is 2.00 bits per heavy atom. The summed E-state index contributed by atoms with van der Waals surface area (Å²) in [5.41, 5.74) is 0. The Bertz CT molecular complexity index is 453. The number of carboxylic acids is 1. The monoisotopic (exact) mass is 283 g/mol. The number of carboxylic acid groups (broad SMARTS) is 1. The van der Waals surface area contributed by atoms with Gasteiger partial charge in [0, 0.05) is 18.9 Å². The second-order valence-electron chi connectivity index (χ2n) is 4.41. The van der Waals surface area contributed by atoms with Gasteiger partial charge in [-0.3, -0.25) is 14.4 Å². The summed E-state index contributed by atoms with van der Waals surface area (Å²) in [4.78, 5) is 36.2. The van der Waals surface area contributed by atoms with E-state index in [0.29, 0.717) is 4.88 Å². The molecule has 0 aliphatic heterocycles. The predicted molar refractivity (Wildman–Crippen MR) is 72.4 cm³/mol. The van der Waals surface area contributed by atoms with Crippen molar-refractivity contribution >= 4 is 29.0 Å². The Labute approximate surface area is 115 Å². The van der Waals surface area contributed by atoms with Crippen molar-refractivity contribution in [3.63, 3.8) is 0 Å². The number of thiophene rings is 1. The van der Waals surface area contributed by atoms with Gasteiger partial charge in [0.05, 0.1) is 4.88 Å². The van der Waals surface area contributed by atoms with Gasteiger partial charge in [-0.1, -0.05) is 6.07 Å². The molecular weight excluding hydrogens is 266 g/mol. The van der Waals surface area contributed by atoms with E-state index in [2.05, 4.69) is 0 Å². The van der Waals surface area contributed by atoms with Crippen molar-refractivity contribution in [1.29, 1.82) is 0 Å². The Morgan fingerprint density at radius 1 is 1.32 bits per heavy atom. The van der Waals surface area contributed by atoms with E-state index in [1.165, 1.54) is 16.2 Å². The lowest BCUT2D eigenvalue weighted by molar-refractivity contribution is -0.145. The summed E-state index contributed by atoms with van der Waals surface area (Å²) in [6.45, 7) is 3.17. The molecule has 0 aromatic carbocycles. The summed E-state index contributed by atoms with van der Waals surface area (Å²) in [5.74, 6) is -1.43. The highest BCUT2D eigenvalue weighted by molar-refractivity contribution is 7.12. The van der Waals surface area contributed by atoms with E-state index in [1.807, 2.05) is 0 Å². The van der Waals surface area contributed by atoms with Gasteiger partial charge in [-0.15, -0.1) is 11.3 Å². The molecule has 6 heteroatoms. The minimum absolute atomic E-state index is 0.0438. The number of hydrogen-bond acceptors (Lipinski definition) is 4. The summed E-state index contributed by atoms with van der Waals surface area (Å²) < 4.78 is 0. The molecule has 0 unspecified atom stereocenters. The highest BCUT2D eigenvalue weighted by Crippen LogP contribution is 2.13. The molecule has 1 N–H and O–H groups in total. The molecule has 1 heterocycles. The number of ketones is 1. The maximum atomic E-state index is 11.9. The summed E-state index contributed by atoms with van der Waals surface area (Å²) in [6, 6.07) is 3.31. The molecule has 0 radical (unpaired) electrons. The molecule has 0 bridgehead atoms. The van der Waals surface area contributed by atoms with Gasteiger partial charge in [0.15, 0.2) is 5.78 Å². The summed E-state index contributed by atoms with van der Waals surface area (Å²) >= 11 is 1.34. The SMILES string of the molecule is CC(C)N(CC(=O)O)C(=O)CCC(=O)c1cccs1. The Balaban J connectivity index is 2.53. The van der Waals surface area contributed by atoms with Gasteiger partial charge in [0.25, 0.3) is 0 Å². The molecule has 5 nitrogen and oxygen atoms in total. The highest BCUT2D eigenvalue weighted by Gasteiger charge is 2.20. The Kier molecular flexibility index (Phi) is 5.69. The molecule has 1 amide bonds. The Morgan fingerprint density at radius 3 is 2.47 bits per heavy atom. The van der Waals surface area contributed by atoms with Crippen LogP contribution in [-0.4, -0.2) is 40.3 Å². The summed E-state index contributed by atoms with van der Waals surface area (Å²) in [5, 5.41) is 10.6. The number of Topliss-reactive ketones (excluding diaryl/α,β-unsaturated/α-hetero) is 1. The first-order valence-corrected chi connectivity index (χ1v) is 6.87. The third-order valence-corrected chi connectivity index (χ3v) is 3.52. The fourth-order valence-electron chi connectivity index (χ4n) is 1.63. The van der Waals surface area contributed by atoms with E-state index >= 15 is 0 Å². The number of amides is 1. The standard InChI is InChI=1S/C13H17NO4S/c1-9(2)14(8-13(17)18)12(16)6-5-10(15)11-4-3-7-19-11/h3-4,7,9H,5-6,8H2,1-2H3,(H,17,18). The number of carbonyl (C=O) groups excluding carboxylic acids is 2. The molecule has 1 rings (SSSR count). The highest BCUT2D eigenvalue weighted by atomic mass is 32.1. The second-order valence-corrected chi connectivity index (χ2v) is 5.36. The van der Waals surface area contributed by atoms with E-state index in [1.54, 1.807) is 31.4 Å². The summed E-state index contributed by atoms with van der Waals surface area (Å²) in [7, 11) is 0. The van der Waals surface area contributed by atoms with E-state index in [0.717, 1.165) is 0 Å². The predicted octanol–water partition coefficient (Wildman–Crippen LogP) is 2.03. The van der Waals surface area contributed by atoms with Crippen LogP contribution in [0.2, 0.25) is 0 Å². The zero-order valence-corrected chi connectivity index (χ0v) is 11.8. The molecule has 0 saturated heterocycles. The Hall–Kier alpha value is -1.69. The molecule has 0 fully saturated rings. The van der Waals surface area contributed by atoms with Crippen molar-refractivity contribution in [3.05, 3.63) is 22.4 Å². The first-order valence-electron chi connectivity index (χ1n) is 5.99. The van der Waals surface area contributed by atoms with Gasteiger partial charge in [0.1, 0.15) is 6.54 Å². The fourth-order valence-corrected chi connectivity index (χ4v) is 2.32. The maximum Gasteiger partial charge on any atom is 0.323 e. The van der Waals surface area contributed by atoms with E-state index in [-0.39, 0.29) is 37.1 Å². The molecule has 0 atom stereocenters. The largest absolute Gasteiger partial charge is 0.480 e. The molecule has 0 spiro atoms. The number of carbonyl (C=O) groups is 3. The molecule has 1 aromatic rings. The van der Waals surface area contributed by atoms with Crippen molar-refractivity contribution < 1.29 is 19.5 Å². The van der Waals surface area contributed by atoms with Crippen LogP contribution in [-0.2, 0) is 9.59 Å². The first kappa shape index (κ1) is 15.4. The zero-order valence-electron chi connectivity index (χ0n) is 11.0. The molecule has 0 aliphatic carbocycles. The maximum absolute atomic E-state index is 11.9. The third kappa shape index (κ3) is 4.82. The lowest BCUT2D eigenvalue weighted by atomic mass is 10.1. The summed E-state index contributed by atoms with van der Waals surface area (Å²) in [6.07, 6.45) is 0.157. The van der Waals surface area contributed by atoms with Crippen LogP contribution in [0.25, 0.3) is 0 Å². The van der Waals surface area contributed by atoms with Gasteiger partial charge in [-0.25, -0.2) is 0 Å². The number of nitrogens with zero attached hydrogens (tertiary/aromatic N) is 1. The molecule has 0 aliphatic rings. The fraction of sp³-hybridized carbons (Fsp3) is 0.462. The van der Waals surface area contributed by atoms with Gasteiger partial charge >= 0.3 is 5.97 Å². The zero-order chi connectivity index (χ0) is 14.4. The van der Waals surface area contributed by atoms with Crippen LogP contribution in [0.4, 0.5) is 0 Å². The lowest BCUT2D eigenvalue weighted by Crippen LogP contribution is -2.40. The van der Waals surface area contributed by atoms with Crippen LogP contribution in [0.3, 0.4) is 0 Å². The van der Waals surface area contributed by atoms with Crippen LogP contribution in [0.5, 0.6) is 0 Å². The van der Waals surface area contributed by atoms with Crippen LogP contribution in [0, 0.1) is 0 Å². The lowest BCUT2D eigenvalue weighted by Gasteiger charge is -2.24. The van der Waals surface area contributed by atoms with Gasteiger partial charge in [-0.2, -0.15) is 0 Å². The quantitative estimate of drug-likeness (QED) is 0.777. The normalized spacial score (nSPS) is 10.5. The van der Waals surface area contributed by atoms with Crippen LogP contribution >= 0.6 is 11.3 Å². The van der Waals surface area contributed by atoms with Crippen molar-refractivity contribution in [2.45, 2.75) is 32.7 Å². The average Bonchev–Trinajstić information content (AvgIpc) is 2.85. The molecule has 0 saturated carbocycles. The van der Waals surface area contributed by atoms with Gasteiger partial charge < -0.3 is 10.0 Å². The third-order valence-electron chi connectivity index (χ3n) is 2.61. The van der Waals surface area contributed by atoms with Crippen LogP contribution in [0.15, 0.2) is 17.5 Å². The van der Waals surface area contributed by atoms with Crippen molar-refractivity contribution in [3.8, 4) is 0 Å². The van der Waals surface area contributed by atoms with Crippen molar-refractivity contribution in [2.24, 2.45) is 0 Å². The smallest absolute Gasteiger partial charge is 0.323 e. The van der Waals surface area contributed by atoms with Crippen LogP contribution < -0.4 is 0 Å². The topological polar surface area (TPSA) is 74.7 Å². The van der Waals surface area contributed by atoms with Gasteiger partial charge in [0.2, 0.25) is 5.91 Å². The van der Waals surface area contributed by atoms with Crippen LogP contribution in [0.1, 0.15) is 36.4 Å². The molecule has 104 valence electrons. The number of rotatable bonds is 7. The molecule has 19 heavy (non-hydrogen) atoms. The molecule has 1 aromatic heterocycles. The average molecular weight is 283 g/mol. The van der Waals surface area contributed by atoms with Gasteiger partial charge in [-0.05, 0) is 25.3 Å². The van der Waals surface area contributed by atoms with Crippen molar-refractivity contribution in [2.75, 3.05) is 6.54 Å². The first-order chi connectivity index (χ1) is 8.91. The minimum atomic E-state index is -1.05. The van der Waals surface area contributed by atoms with Crippen molar-refractivity contribution in [1.82, 2.24) is 4.90 Å². The number of aliphatic carboxylic acids is 1. The van der Waals surface area contributed by atoms with E-state index in [4.69, 9.17) is 5.11 Å². The molecular formula is C13H17NO4S. The van der Waals surface area contributed by atoms with E-state index < -0.39 is 5.97 Å². The number of hydrogen-bond donors (Lipinski definition) is 1. The minimum Gasteiger partial charge on any atom is -0.480 e. The second kappa shape index (κ2) is 7.04.